The van der Waals surface area contributed by atoms with Gasteiger partial charge in [0.2, 0.25) is 15.9 Å². The Labute approximate surface area is 107 Å². The van der Waals surface area contributed by atoms with Crippen LogP contribution >= 0.6 is 0 Å². The van der Waals surface area contributed by atoms with Gasteiger partial charge in [-0.25, -0.2) is 8.42 Å². The van der Waals surface area contributed by atoms with Gasteiger partial charge in [0.05, 0.1) is 17.6 Å². The predicted molar refractivity (Wildman–Crippen MR) is 71.0 cm³/mol. The van der Waals surface area contributed by atoms with Gasteiger partial charge in [0.25, 0.3) is 0 Å². The van der Waals surface area contributed by atoms with Gasteiger partial charge < -0.3 is 5.32 Å². The largest absolute Gasteiger partial charge is 0.324 e. The smallest absolute Gasteiger partial charge is 0.232 e. The number of rotatable bonds is 4. The summed E-state index contributed by atoms with van der Waals surface area (Å²) in [5.74, 6) is 0.0472. The van der Waals surface area contributed by atoms with E-state index in [1.807, 2.05) is 0 Å². The first-order chi connectivity index (χ1) is 8.39. The molecule has 1 fully saturated rings. The van der Waals surface area contributed by atoms with E-state index >= 15 is 0 Å². The summed E-state index contributed by atoms with van der Waals surface area (Å²) in [5.41, 5.74) is 1.01. The van der Waals surface area contributed by atoms with Crippen molar-refractivity contribution in [3.8, 4) is 0 Å². The molecule has 0 heterocycles. The van der Waals surface area contributed by atoms with E-state index < -0.39 is 10.0 Å². The molecule has 0 aliphatic heterocycles. The standard InChI is InChI=1S/C12H16N2O3S/c1-14(18(2,16)17)11-6-4-3-5-10(11)13-12(15)9-7-8-9/h3-6,9H,7-8H2,1-2H3,(H,13,15). The maximum absolute atomic E-state index is 11.7. The first-order valence-corrected chi connectivity index (χ1v) is 7.58. The van der Waals surface area contributed by atoms with Gasteiger partial charge in [-0.2, -0.15) is 0 Å². The van der Waals surface area contributed by atoms with Crippen molar-refractivity contribution in [2.75, 3.05) is 22.9 Å². The van der Waals surface area contributed by atoms with Crippen LogP contribution in [0, 0.1) is 5.92 Å². The summed E-state index contributed by atoms with van der Waals surface area (Å²) in [5, 5.41) is 2.78. The molecule has 0 aromatic heterocycles. The molecule has 1 aliphatic rings. The summed E-state index contributed by atoms with van der Waals surface area (Å²) in [6.07, 6.45) is 2.96. The Kier molecular flexibility index (Phi) is 3.30. The van der Waals surface area contributed by atoms with Gasteiger partial charge >= 0.3 is 0 Å². The van der Waals surface area contributed by atoms with E-state index in [0.29, 0.717) is 11.4 Å². The van der Waals surface area contributed by atoms with Gasteiger partial charge in [-0.3, -0.25) is 9.10 Å². The van der Waals surface area contributed by atoms with E-state index in [2.05, 4.69) is 5.32 Å². The third-order valence-electron chi connectivity index (χ3n) is 2.95. The molecule has 0 bridgehead atoms. The Balaban J connectivity index is 2.27. The number of benzene rings is 1. The zero-order valence-corrected chi connectivity index (χ0v) is 11.2. The molecule has 0 radical (unpaired) electrons. The molecule has 1 N–H and O–H groups in total. The van der Waals surface area contributed by atoms with E-state index in [4.69, 9.17) is 0 Å². The van der Waals surface area contributed by atoms with Crippen LogP contribution in [0.5, 0.6) is 0 Å². The number of carbonyl (C=O) groups excluding carboxylic acids is 1. The zero-order valence-electron chi connectivity index (χ0n) is 10.4. The van der Waals surface area contributed by atoms with Gasteiger partial charge in [-0.05, 0) is 25.0 Å². The molecule has 1 aromatic rings. The van der Waals surface area contributed by atoms with Gasteiger partial charge in [0.15, 0.2) is 0 Å². The van der Waals surface area contributed by atoms with Gasteiger partial charge in [0, 0.05) is 13.0 Å². The second-order valence-corrected chi connectivity index (χ2v) is 6.52. The van der Waals surface area contributed by atoms with E-state index in [1.165, 1.54) is 7.05 Å². The van der Waals surface area contributed by atoms with E-state index in [1.54, 1.807) is 24.3 Å². The average molecular weight is 268 g/mol. The predicted octanol–water partition coefficient (Wildman–Crippen LogP) is 1.43. The molecule has 5 nitrogen and oxygen atoms in total. The Bertz CT molecular complexity index is 564. The molecule has 98 valence electrons. The maximum atomic E-state index is 11.7. The minimum atomic E-state index is -3.34. The average Bonchev–Trinajstić information content (AvgIpc) is 3.11. The van der Waals surface area contributed by atoms with Gasteiger partial charge in [0.1, 0.15) is 0 Å². The molecule has 1 saturated carbocycles. The lowest BCUT2D eigenvalue weighted by Gasteiger charge is -2.20. The number of hydrogen-bond donors (Lipinski definition) is 1. The molecule has 2 rings (SSSR count). The fraction of sp³-hybridized carbons (Fsp3) is 0.417. The van der Waals surface area contributed by atoms with Crippen LogP contribution in [0.4, 0.5) is 11.4 Å². The van der Waals surface area contributed by atoms with Crippen molar-refractivity contribution >= 4 is 27.3 Å². The Morgan fingerprint density at radius 1 is 1.33 bits per heavy atom. The SMILES string of the molecule is CN(c1ccccc1NC(=O)C1CC1)S(C)(=O)=O. The molecule has 18 heavy (non-hydrogen) atoms. The number of nitrogens with one attached hydrogen (secondary N) is 1. The summed E-state index contributed by atoms with van der Waals surface area (Å²) >= 11 is 0. The summed E-state index contributed by atoms with van der Waals surface area (Å²) in [7, 11) is -1.87. The molecule has 6 heteroatoms. The van der Waals surface area contributed by atoms with Crippen molar-refractivity contribution in [1.29, 1.82) is 0 Å². The number of carbonyl (C=O) groups is 1. The number of sulfonamides is 1. The van der Waals surface area contributed by atoms with Crippen molar-refractivity contribution in [2.24, 2.45) is 5.92 Å². The highest BCUT2D eigenvalue weighted by Gasteiger charge is 2.30. The monoisotopic (exact) mass is 268 g/mol. The third-order valence-corrected chi connectivity index (χ3v) is 4.14. The van der Waals surface area contributed by atoms with Crippen LogP contribution in [0.1, 0.15) is 12.8 Å². The summed E-state index contributed by atoms with van der Waals surface area (Å²) in [6.45, 7) is 0. The van der Waals surface area contributed by atoms with Gasteiger partial charge in [-0.1, -0.05) is 12.1 Å². The van der Waals surface area contributed by atoms with Crippen LogP contribution < -0.4 is 9.62 Å². The van der Waals surface area contributed by atoms with E-state index in [9.17, 15) is 13.2 Å². The fourth-order valence-electron chi connectivity index (χ4n) is 1.61. The van der Waals surface area contributed by atoms with Crippen molar-refractivity contribution in [2.45, 2.75) is 12.8 Å². The number of nitrogens with zero attached hydrogens (tertiary/aromatic N) is 1. The number of amides is 1. The first-order valence-electron chi connectivity index (χ1n) is 5.73. The molecular weight excluding hydrogens is 252 g/mol. The lowest BCUT2D eigenvalue weighted by Crippen LogP contribution is -2.26. The number of anilines is 2. The van der Waals surface area contributed by atoms with Crippen molar-refractivity contribution in [3.63, 3.8) is 0 Å². The molecule has 0 unspecified atom stereocenters. The lowest BCUT2D eigenvalue weighted by atomic mass is 10.2. The van der Waals surface area contributed by atoms with Crippen LogP contribution in [0.3, 0.4) is 0 Å². The van der Waals surface area contributed by atoms with E-state index in [0.717, 1.165) is 23.4 Å². The number of para-hydroxylation sites is 2. The van der Waals surface area contributed by atoms with Crippen LogP contribution in [-0.4, -0.2) is 27.6 Å². The summed E-state index contributed by atoms with van der Waals surface area (Å²) < 4.78 is 24.2. The highest BCUT2D eigenvalue weighted by molar-refractivity contribution is 7.92. The molecule has 0 spiro atoms. The summed E-state index contributed by atoms with van der Waals surface area (Å²) in [4.78, 5) is 11.7. The van der Waals surface area contributed by atoms with Crippen LogP contribution in [0.15, 0.2) is 24.3 Å². The van der Waals surface area contributed by atoms with Crippen LogP contribution in [0.25, 0.3) is 0 Å². The third kappa shape index (κ3) is 2.81. The molecule has 1 amide bonds. The highest BCUT2D eigenvalue weighted by Crippen LogP contribution is 2.32. The second kappa shape index (κ2) is 4.61. The minimum absolute atomic E-state index is 0.0376. The zero-order chi connectivity index (χ0) is 13.3. The topological polar surface area (TPSA) is 66.5 Å². The maximum Gasteiger partial charge on any atom is 0.232 e. The Morgan fingerprint density at radius 2 is 1.94 bits per heavy atom. The molecule has 0 atom stereocenters. The normalized spacial score (nSPS) is 15.2. The minimum Gasteiger partial charge on any atom is -0.324 e. The molecule has 0 saturated heterocycles. The Hall–Kier alpha value is -1.56. The van der Waals surface area contributed by atoms with Crippen LogP contribution in [0.2, 0.25) is 0 Å². The quantitative estimate of drug-likeness (QED) is 0.898. The van der Waals surface area contributed by atoms with Crippen molar-refractivity contribution in [3.05, 3.63) is 24.3 Å². The molecule has 1 aromatic carbocycles. The first kappa shape index (κ1) is 12.9. The van der Waals surface area contributed by atoms with Crippen molar-refractivity contribution < 1.29 is 13.2 Å². The lowest BCUT2D eigenvalue weighted by molar-refractivity contribution is -0.117. The second-order valence-electron chi connectivity index (χ2n) is 4.51. The van der Waals surface area contributed by atoms with Gasteiger partial charge in [-0.15, -0.1) is 0 Å². The Morgan fingerprint density at radius 3 is 2.50 bits per heavy atom. The van der Waals surface area contributed by atoms with Crippen LogP contribution in [-0.2, 0) is 14.8 Å². The number of hydrogen-bond acceptors (Lipinski definition) is 3. The molecular formula is C12H16N2O3S. The highest BCUT2D eigenvalue weighted by atomic mass is 32.2. The van der Waals surface area contributed by atoms with Crippen molar-refractivity contribution in [1.82, 2.24) is 0 Å². The van der Waals surface area contributed by atoms with E-state index in [-0.39, 0.29) is 11.8 Å². The fourth-order valence-corrected chi connectivity index (χ4v) is 2.13. The molecule has 1 aliphatic carbocycles. The summed E-state index contributed by atoms with van der Waals surface area (Å²) in [6, 6.07) is 6.88.